The number of halogens is 1. The van der Waals surface area contributed by atoms with Crippen molar-refractivity contribution in [1.29, 1.82) is 0 Å². The maximum Gasteiger partial charge on any atom is 0.191 e. The molecule has 0 aliphatic carbocycles. The maximum absolute atomic E-state index is 13.6. The average Bonchev–Trinajstić information content (AvgIpc) is 2.45. The topological polar surface area (TPSA) is 45.7 Å². The maximum atomic E-state index is 13.6. The molecule has 118 valence electrons. The van der Waals surface area contributed by atoms with E-state index >= 15 is 0 Å². The van der Waals surface area contributed by atoms with Crippen LogP contribution in [0.1, 0.15) is 33.3 Å². The average molecular weight is 295 g/mol. The van der Waals surface area contributed by atoms with Crippen LogP contribution in [0.4, 0.5) is 4.39 Å². The predicted molar refractivity (Wildman–Crippen MR) is 85.2 cm³/mol. The summed E-state index contributed by atoms with van der Waals surface area (Å²) in [6.45, 7) is 9.64. The Morgan fingerprint density at radius 1 is 1.33 bits per heavy atom. The summed E-state index contributed by atoms with van der Waals surface area (Å²) < 4.78 is 18.5. The van der Waals surface area contributed by atoms with Gasteiger partial charge < -0.3 is 15.4 Å². The quantitative estimate of drug-likeness (QED) is 0.626. The second-order valence-corrected chi connectivity index (χ2v) is 5.34. The van der Waals surface area contributed by atoms with Gasteiger partial charge in [-0.2, -0.15) is 0 Å². The van der Waals surface area contributed by atoms with Crippen molar-refractivity contribution in [3.63, 3.8) is 0 Å². The highest BCUT2D eigenvalue weighted by Crippen LogP contribution is 2.18. The third-order valence-electron chi connectivity index (χ3n) is 3.34. The molecule has 0 bridgehead atoms. The molecule has 2 N–H and O–H groups in total. The Morgan fingerprint density at radius 2 is 2.05 bits per heavy atom. The van der Waals surface area contributed by atoms with Crippen molar-refractivity contribution < 1.29 is 9.13 Å². The summed E-state index contributed by atoms with van der Waals surface area (Å²) in [5, 5.41) is 6.54. The van der Waals surface area contributed by atoms with Crippen molar-refractivity contribution in [3.05, 3.63) is 29.6 Å². The number of methoxy groups -OCH3 is 1. The second kappa shape index (κ2) is 8.49. The summed E-state index contributed by atoms with van der Waals surface area (Å²) in [4.78, 5) is 4.49. The Bertz CT molecular complexity index is 475. The molecule has 5 heteroatoms. The van der Waals surface area contributed by atoms with Gasteiger partial charge in [-0.25, -0.2) is 9.38 Å². The molecule has 4 nitrogen and oxygen atoms in total. The molecular weight excluding hydrogens is 269 g/mol. The van der Waals surface area contributed by atoms with E-state index in [-0.39, 0.29) is 11.6 Å². The lowest BCUT2D eigenvalue weighted by molar-refractivity contribution is 0.386. The molecule has 1 rings (SSSR count). The normalized spacial score (nSPS) is 13.2. The van der Waals surface area contributed by atoms with Gasteiger partial charge in [-0.15, -0.1) is 0 Å². The minimum Gasteiger partial charge on any atom is -0.494 e. The summed E-state index contributed by atoms with van der Waals surface area (Å²) >= 11 is 0. The number of hydrogen-bond donors (Lipinski definition) is 2. The molecule has 0 amide bonds. The number of ether oxygens (including phenoxy) is 1. The van der Waals surface area contributed by atoms with Crippen molar-refractivity contribution in [2.45, 2.75) is 40.3 Å². The summed E-state index contributed by atoms with van der Waals surface area (Å²) in [5.74, 6) is 1.14. The number of rotatable bonds is 6. The lowest BCUT2D eigenvalue weighted by atomic mass is 10.1. The van der Waals surface area contributed by atoms with Crippen molar-refractivity contribution >= 4 is 5.96 Å². The monoisotopic (exact) mass is 295 g/mol. The van der Waals surface area contributed by atoms with Crippen molar-refractivity contribution in [2.75, 3.05) is 13.7 Å². The van der Waals surface area contributed by atoms with Gasteiger partial charge in [0.1, 0.15) is 0 Å². The summed E-state index contributed by atoms with van der Waals surface area (Å²) in [6.07, 6.45) is 0. The first-order chi connectivity index (χ1) is 9.97. The van der Waals surface area contributed by atoms with Gasteiger partial charge in [0, 0.05) is 12.6 Å². The minimum absolute atomic E-state index is 0.251. The zero-order valence-corrected chi connectivity index (χ0v) is 13.5. The second-order valence-electron chi connectivity index (χ2n) is 5.34. The van der Waals surface area contributed by atoms with E-state index in [0.29, 0.717) is 18.5 Å². The molecule has 0 heterocycles. The van der Waals surface area contributed by atoms with Gasteiger partial charge in [0.15, 0.2) is 17.5 Å². The van der Waals surface area contributed by atoms with Crippen molar-refractivity contribution in [3.8, 4) is 5.75 Å². The van der Waals surface area contributed by atoms with E-state index in [0.717, 1.165) is 18.1 Å². The third kappa shape index (κ3) is 5.61. The predicted octanol–water partition coefficient (Wildman–Crippen LogP) is 2.93. The Kier molecular flexibility index (Phi) is 6.99. The van der Waals surface area contributed by atoms with Crippen molar-refractivity contribution in [2.24, 2.45) is 10.9 Å². The number of nitrogens with zero attached hydrogens (tertiary/aromatic N) is 1. The molecule has 0 fully saturated rings. The van der Waals surface area contributed by atoms with Gasteiger partial charge in [-0.05, 0) is 37.5 Å². The standard InChI is InChI=1S/C16H26FN3O/c1-6-18-16(20-12(4)11(2)3)19-10-13-7-8-15(21-5)14(17)9-13/h7-9,11-12H,6,10H2,1-5H3,(H2,18,19,20). The minimum atomic E-state index is -0.362. The zero-order valence-electron chi connectivity index (χ0n) is 13.5. The molecule has 0 aromatic heterocycles. The summed E-state index contributed by atoms with van der Waals surface area (Å²) in [6, 6.07) is 5.21. The number of hydrogen-bond acceptors (Lipinski definition) is 2. The number of aliphatic imine (C=N–C) groups is 1. The van der Waals surface area contributed by atoms with E-state index in [9.17, 15) is 4.39 Å². The SMILES string of the molecule is CCNC(=NCc1ccc(OC)c(F)c1)NC(C)C(C)C. The first kappa shape index (κ1) is 17.3. The van der Waals surface area contributed by atoms with Crippen LogP contribution in [0.25, 0.3) is 0 Å². The Morgan fingerprint density at radius 3 is 2.57 bits per heavy atom. The Labute approximate surface area is 126 Å². The molecule has 1 aromatic carbocycles. The molecular formula is C16H26FN3O. The molecule has 21 heavy (non-hydrogen) atoms. The van der Waals surface area contributed by atoms with Crippen LogP contribution < -0.4 is 15.4 Å². The smallest absolute Gasteiger partial charge is 0.191 e. The van der Waals surface area contributed by atoms with E-state index in [2.05, 4.69) is 36.4 Å². The molecule has 0 radical (unpaired) electrons. The van der Waals surface area contributed by atoms with Crippen LogP contribution in [0.2, 0.25) is 0 Å². The first-order valence-electron chi connectivity index (χ1n) is 7.35. The van der Waals surface area contributed by atoms with E-state index in [1.165, 1.54) is 13.2 Å². The molecule has 1 unspecified atom stereocenters. The summed E-state index contributed by atoms with van der Waals surface area (Å²) in [7, 11) is 1.46. The van der Waals surface area contributed by atoms with E-state index in [4.69, 9.17) is 4.74 Å². The molecule has 1 atom stereocenters. The molecule has 0 aliphatic heterocycles. The van der Waals surface area contributed by atoms with Gasteiger partial charge in [-0.3, -0.25) is 0 Å². The van der Waals surface area contributed by atoms with Crippen LogP contribution >= 0.6 is 0 Å². The molecule has 0 saturated heterocycles. The molecule has 0 spiro atoms. The highest BCUT2D eigenvalue weighted by Gasteiger charge is 2.09. The lowest BCUT2D eigenvalue weighted by Gasteiger charge is -2.20. The summed E-state index contributed by atoms with van der Waals surface area (Å²) in [5.41, 5.74) is 0.808. The Balaban J connectivity index is 2.75. The van der Waals surface area contributed by atoms with Crippen molar-refractivity contribution in [1.82, 2.24) is 10.6 Å². The van der Waals surface area contributed by atoms with Crippen LogP contribution in [0.15, 0.2) is 23.2 Å². The third-order valence-corrected chi connectivity index (χ3v) is 3.34. The first-order valence-corrected chi connectivity index (χ1v) is 7.35. The largest absolute Gasteiger partial charge is 0.494 e. The highest BCUT2D eigenvalue weighted by molar-refractivity contribution is 5.80. The van der Waals surface area contributed by atoms with Crippen LogP contribution in [0.3, 0.4) is 0 Å². The number of nitrogens with one attached hydrogen (secondary N) is 2. The van der Waals surface area contributed by atoms with Gasteiger partial charge in [-0.1, -0.05) is 19.9 Å². The molecule has 0 saturated carbocycles. The van der Waals surface area contributed by atoms with Crippen LogP contribution in [-0.2, 0) is 6.54 Å². The van der Waals surface area contributed by atoms with E-state index in [1.807, 2.05) is 13.0 Å². The zero-order chi connectivity index (χ0) is 15.8. The fourth-order valence-electron chi connectivity index (χ4n) is 1.68. The van der Waals surface area contributed by atoms with Gasteiger partial charge in [0.25, 0.3) is 0 Å². The molecule has 0 aliphatic rings. The fraction of sp³-hybridized carbons (Fsp3) is 0.562. The highest BCUT2D eigenvalue weighted by atomic mass is 19.1. The number of benzene rings is 1. The van der Waals surface area contributed by atoms with Crippen LogP contribution in [0.5, 0.6) is 5.75 Å². The molecule has 1 aromatic rings. The van der Waals surface area contributed by atoms with Gasteiger partial charge in [0.05, 0.1) is 13.7 Å². The van der Waals surface area contributed by atoms with E-state index < -0.39 is 0 Å². The lowest BCUT2D eigenvalue weighted by Crippen LogP contribution is -2.44. The Hall–Kier alpha value is -1.78. The fourth-order valence-corrected chi connectivity index (χ4v) is 1.68. The van der Waals surface area contributed by atoms with Crippen LogP contribution in [0, 0.1) is 11.7 Å². The van der Waals surface area contributed by atoms with Gasteiger partial charge in [0.2, 0.25) is 0 Å². The number of guanidine groups is 1. The van der Waals surface area contributed by atoms with Gasteiger partial charge >= 0.3 is 0 Å². The van der Waals surface area contributed by atoms with E-state index in [1.54, 1.807) is 6.07 Å². The van der Waals surface area contributed by atoms with Crippen LogP contribution in [-0.4, -0.2) is 25.7 Å².